The van der Waals surface area contributed by atoms with E-state index in [4.69, 9.17) is 0 Å². The van der Waals surface area contributed by atoms with Gasteiger partial charge >= 0.3 is 0 Å². The lowest BCUT2D eigenvalue weighted by atomic mass is 10.0. The van der Waals surface area contributed by atoms with Crippen LogP contribution in [-0.2, 0) is 24.7 Å². The summed E-state index contributed by atoms with van der Waals surface area (Å²) in [5, 5.41) is -0.536. The molecule has 7 nitrogen and oxygen atoms in total. The van der Waals surface area contributed by atoms with E-state index in [-0.39, 0.29) is 31.0 Å². The number of amides is 1. The summed E-state index contributed by atoms with van der Waals surface area (Å²) >= 11 is 0. The standard InChI is InChI=1S/C22H25FN2O5S2/c23-20-8-4-5-9-21(20)32(29,30)24-13-12-22(26)25-16-10-11-17(25)15-19(14-16)31(27,28)18-6-2-1-3-7-18/h1-9,16-17,19,24H,10-15H2. The molecule has 2 fully saturated rings. The average molecular weight is 481 g/mol. The number of fused-ring (bicyclic) bond motifs is 2. The van der Waals surface area contributed by atoms with E-state index in [0.717, 1.165) is 25.0 Å². The SMILES string of the molecule is O=C(CCNS(=O)(=O)c1ccccc1F)N1C2CCC1CC(S(=O)(=O)c1ccccc1)C2. The summed E-state index contributed by atoms with van der Waals surface area (Å²) in [4.78, 5) is 14.4. The molecule has 2 aliphatic heterocycles. The minimum Gasteiger partial charge on any atom is -0.337 e. The van der Waals surface area contributed by atoms with E-state index in [9.17, 15) is 26.0 Å². The first-order chi connectivity index (χ1) is 15.2. The molecule has 2 aliphatic rings. The molecule has 2 unspecified atom stereocenters. The highest BCUT2D eigenvalue weighted by Crippen LogP contribution is 2.40. The third kappa shape index (κ3) is 4.44. The highest BCUT2D eigenvalue weighted by molar-refractivity contribution is 7.92. The fraction of sp³-hybridized carbons (Fsp3) is 0.409. The Morgan fingerprint density at radius 2 is 1.53 bits per heavy atom. The highest BCUT2D eigenvalue weighted by Gasteiger charge is 2.46. The van der Waals surface area contributed by atoms with E-state index in [1.807, 2.05) is 0 Å². The van der Waals surface area contributed by atoms with Crippen LogP contribution in [0.2, 0.25) is 0 Å². The van der Waals surface area contributed by atoms with Crippen molar-refractivity contribution in [1.29, 1.82) is 0 Å². The number of benzene rings is 2. The van der Waals surface area contributed by atoms with Gasteiger partial charge in [0.1, 0.15) is 10.7 Å². The van der Waals surface area contributed by atoms with E-state index in [1.165, 1.54) is 12.1 Å². The number of nitrogens with one attached hydrogen (secondary N) is 1. The van der Waals surface area contributed by atoms with E-state index in [1.54, 1.807) is 35.2 Å². The number of halogens is 1. The van der Waals surface area contributed by atoms with Gasteiger partial charge in [-0.1, -0.05) is 30.3 Å². The predicted octanol–water partition coefficient (Wildman–Crippen LogP) is 2.49. The first-order valence-corrected chi connectivity index (χ1v) is 13.6. The van der Waals surface area contributed by atoms with Gasteiger partial charge in [-0.2, -0.15) is 0 Å². The van der Waals surface area contributed by atoms with Crippen LogP contribution in [-0.4, -0.2) is 51.5 Å². The van der Waals surface area contributed by atoms with Gasteiger partial charge in [0.25, 0.3) is 0 Å². The molecule has 2 atom stereocenters. The number of hydrogen-bond donors (Lipinski definition) is 1. The van der Waals surface area contributed by atoms with Crippen molar-refractivity contribution in [3.63, 3.8) is 0 Å². The van der Waals surface area contributed by atoms with Crippen molar-refractivity contribution in [2.24, 2.45) is 0 Å². The molecule has 2 heterocycles. The van der Waals surface area contributed by atoms with Gasteiger partial charge < -0.3 is 4.90 Å². The molecule has 2 saturated heterocycles. The van der Waals surface area contributed by atoms with E-state index >= 15 is 0 Å². The molecule has 2 bridgehead atoms. The van der Waals surface area contributed by atoms with Gasteiger partial charge in [-0.25, -0.2) is 25.9 Å². The molecule has 32 heavy (non-hydrogen) atoms. The van der Waals surface area contributed by atoms with Gasteiger partial charge in [0.05, 0.1) is 10.1 Å². The molecule has 0 radical (unpaired) electrons. The lowest BCUT2D eigenvalue weighted by molar-refractivity contribution is -0.135. The van der Waals surface area contributed by atoms with Crippen molar-refractivity contribution in [3.8, 4) is 0 Å². The Kier molecular flexibility index (Phi) is 6.37. The first kappa shape index (κ1) is 22.9. The molecule has 2 aromatic rings. The number of sulfonamides is 1. The van der Waals surface area contributed by atoms with E-state index in [2.05, 4.69) is 4.72 Å². The van der Waals surface area contributed by atoms with Crippen molar-refractivity contribution < 1.29 is 26.0 Å². The number of hydrogen-bond acceptors (Lipinski definition) is 5. The Hall–Kier alpha value is -2.30. The lowest BCUT2D eigenvalue weighted by Gasteiger charge is -2.38. The molecular formula is C22H25FN2O5S2. The summed E-state index contributed by atoms with van der Waals surface area (Å²) in [6.45, 7) is -0.156. The van der Waals surface area contributed by atoms with Crippen molar-refractivity contribution in [2.75, 3.05) is 6.54 Å². The van der Waals surface area contributed by atoms with Crippen molar-refractivity contribution in [2.45, 2.75) is 59.2 Å². The highest BCUT2D eigenvalue weighted by atomic mass is 32.2. The zero-order chi connectivity index (χ0) is 22.9. The third-order valence-corrected chi connectivity index (χ3v) is 9.93. The van der Waals surface area contributed by atoms with Gasteiger partial charge in [-0.05, 0) is 49.9 Å². The zero-order valence-electron chi connectivity index (χ0n) is 17.4. The van der Waals surface area contributed by atoms with Gasteiger partial charge in [0, 0.05) is 25.0 Å². The minimum atomic E-state index is -4.06. The Morgan fingerprint density at radius 1 is 0.938 bits per heavy atom. The zero-order valence-corrected chi connectivity index (χ0v) is 19.0. The Bertz CT molecular complexity index is 1190. The molecule has 10 heteroatoms. The van der Waals surface area contributed by atoms with E-state index < -0.39 is 35.8 Å². The smallest absolute Gasteiger partial charge is 0.243 e. The second-order valence-corrected chi connectivity index (χ2v) is 12.2. The fourth-order valence-corrected chi connectivity index (χ4v) is 7.73. The molecule has 1 N–H and O–H groups in total. The second kappa shape index (κ2) is 8.92. The Morgan fingerprint density at radius 3 is 2.16 bits per heavy atom. The Labute approximate surface area is 187 Å². The van der Waals surface area contributed by atoms with Crippen LogP contribution in [0.4, 0.5) is 4.39 Å². The maximum absolute atomic E-state index is 13.8. The summed E-state index contributed by atoms with van der Waals surface area (Å²) in [7, 11) is -7.54. The fourth-order valence-electron chi connectivity index (χ4n) is 4.75. The summed E-state index contributed by atoms with van der Waals surface area (Å²) in [6, 6.07) is 13.1. The maximum Gasteiger partial charge on any atom is 0.243 e. The van der Waals surface area contributed by atoms with E-state index in [0.29, 0.717) is 17.7 Å². The first-order valence-electron chi connectivity index (χ1n) is 10.5. The molecule has 4 rings (SSSR count). The minimum absolute atomic E-state index is 0.0726. The van der Waals surface area contributed by atoms with Crippen LogP contribution in [0.25, 0.3) is 0 Å². The van der Waals surface area contributed by atoms with Crippen LogP contribution >= 0.6 is 0 Å². The van der Waals surface area contributed by atoms with Crippen molar-refractivity contribution >= 4 is 25.8 Å². The molecule has 0 aromatic heterocycles. The van der Waals surface area contributed by atoms with Crippen LogP contribution in [0.1, 0.15) is 32.1 Å². The summed E-state index contributed by atoms with van der Waals surface area (Å²) in [6.07, 6.45) is 2.15. The number of nitrogens with zero attached hydrogens (tertiary/aromatic N) is 1. The number of piperidine rings is 1. The molecular weight excluding hydrogens is 455 g/mol. The monoisotopic (exact) mass is 480 g/mol. The normalized spacial score (nSPS) is 23.3. The van der Waals surface area contributed by atoms with Crippen LogP contribution in [0.15, 0.2) is 64.4 Å². The number of carbonyl (C=O) groups is 1. The molecule has 2 aromatic carbocycles. The molecule has 0 saturated carbocycles. The van der Waals surface area contributed by atoms with Gasteiger partial charge in [-0.3, -0.25) is 4.79 Å². The molecule has 0 aliphatic carbocycles. The van der Waals surface area contributed by atoms with Crippen LogP contribution in [0.3, 0.4) is 0 Å². The van der Waals surface area contributed by atoms with Gasteiger partial charge in [0.15, 0.2) is 9.84 Å². The summed E-state index contributed by atoms with van der Waals surface area (Å²) < 4.78 is 66.7. The van der Waals surface area contributed by atoms with Crippen LogP contribution in [0.5, 0.6) is 0 Å². The summed E-state index contributed by atoms with van der Waals surface area (Å²) in [5.74, 6) is -1.07. The summed E-state index contributed by atoms with van der Waals surface area (Å²) in [5.41, 5.74) is 0. The number of rotatable bonds is 7. The lowest BCUT2D eigenvalue weighted by Crippen LogP contribution is -2.50. The molecule has 0 spiro atoms. The average Bonchev–Trinajstić information content (AvgIpc) is 3.03. The quantitative estimate of drug-likeness (QED) is 0.656. The third-order valence-electron chi connectivity index (χ3n) is 6.25. The van der Waals surface area contributed by atoms with Crippen molar-refractivity contribution in [1.82, 2.24) is 9.62 Å². The van der Waals surface area contributed by atoms with Crippen LogP contribution in [0, 0.1) is 5.82 Å². The Balaban J connectivity index is 1.38. The topological polar surface area (TPSA) is 101 Å². The van der Waals surface area contributed by atoms with Crippen molar-refractivity contribution in [3.05, 3.63) is 60.4 Å². The largest absolute Gasteiger partial charge is 0.337 e. The number of sulfone groups is 1. The predicted molar refractivity (Wildman–Crippen MR) is 117 cm³/mol. The molecule has 172 valence electrons. The van der Waals surface area contributed by atoms with Gasteiger partial charge in [0.2, 0.25) is 15.9 Å². The number of carbonyl (C=O) groups excluding carboxylic acids is 1. The maximum atomic E-state index is 13.8. The molecule has 1 amide bonds. The van der Waals surface area contributed by atoms with Gasteiger partial charge in [-0.15, -0.1) is 0 Å². The second-order valence-electron chi connectivity index (χ2n) is 8.22. The van der Waals surface area contributed by atoms with Crippen LogP contribution < -0.4 is 4.72 Å².